The van der Waals surface area contributed by atoms with Crippen LogP contribution in [0.4, 0.5) is 5.69 Å². The Morgan fingerprint density at radius 2 is 1.85 bits per heavy atom. The van der Waals surface area contributed by atoms with Gasteiger partial charge in [0.15, 0.2) is 5.43 Å². The van der Waals surface area contributed by atoms with Crippen molar-refractivity contribution in [2.24, 2.45) is 0 Å². The average Bonchev–Trinajstić information content (AvgIpc) is 2.81. The molecule has 4 aromatic rings. The monoisotopic (exact) mass is 493 g/mol. The number of hydrogen-bond acceptors (Lipinski definition) is 6. The van der Waals surface area contributed by atoms with Gasteiger partial charge in [0.2, 0.25) is 5.91 Å². The number of rotatable bonds is 6. The molecule has 0 aliphatic rings. The number of pyridine rings is 1. The van der Waals surface area contributed by atoms with Crippen molar-refractivity contribution in [3.05, 3.63) is 86.7 Å². The number of hydrogen-bond donors (Lipinski definition) is 2. The molecular weight excluding hydrogens is 470 g/mol. The summed E-state index contributed by atoms with van der Waals surface area (Å²) >= 11 is 7.16. The standard InChI is InChI=1S/C26H24ClN3O3S/c1-14-12-19(16(3)28-21-10-11-22(27)29-26(21)34-30-17(4)31)25-20(13-14)23(32)15(2)24(33-25)18-8-6-5-7-9-18/h5-13,16,28H,1-4H3,(H,30,31)/t16-/m1/s1. The Bertz CT molecular complexity index is 1440. The zero-order valence-corrected chi connectivity index (χ0v) is 20.8. The highest BCUT2D eigenvalue weighted by Gasteiger charge is 2.20. The van der Waals surface area contributed by atoms with Gasteiger partial charge in [0.05, 0.1) is 17.1 Å². The van der Waals surface area contributed by atoms with Crippen molar-refractivity contribution >= 4 is 46.1 Å². The second-order valence-corrected chi connectivity index (χ2v) is 9.28. The molecule has 0 bridgehead atoms. The van der Waals surface area contributed by atoms with Gasteiger partial charge >= 0.3 is 0 Å². The molecule has 2 aromatic carbocycles. The summed E-state index contributed by atoms with van der Waals surface area (Å²) in [4.78, 5) is 29.0. The van der Waals surface area contributed by atoms with Crippen LogP contribution >= 0.6 is 23.5 Å². The normalized spacial score (nSPS) is 11.9. The molecule has 0 saturated carbocycles. The largest absolute Gasteiger partial charge is 0.455 e. The van der Waals surface area contributed by atoms with Gasteiger partial charge in [-0.05, 0) is 44.5 Å². The second-order valence-electron chi connectivity index (χ2n) is 8.10. The van der Waals surface area contributed by atoms with Crippen LogP contribution in [0.5, 0.6) is 0 Å². The van der Waals surface area contributed by atoms with E-state index < -0.39 is 0 Å². The van der Waals surface area contributed by atoms with E-state index in [-0.39, 0.29) is 17.4 Å². The fourth-order valence-electron chi connectivity index (χ4n) is 3.79. The van der Waals surface area contributed by atoms with Gasteiger partial charge in [0, 0.05) is 35.6 Å². The summed E-state index contributed by atoms with van der Waals surface area (Å²) in [6, 6.07) is 16.7. The third kappa shape index (κ3) is 4.95. The highest BCUT2D eigenvalue weighted by Crippen LogP contribution is 2.34. The first-order valence-corrected chi connectivity index (χ1v) is 11.9. The zero-order chi connectivity index (χ0) is 24.4. The lowest BCUT2D eigenvalue weighted by molar-refractivity contribution is -0.117. The van der Waals surface area contributed by atoms with E-state index in [2.05, 4.69) is 15.0 Å². The Kier molecular flexibility index (Phi) is 6.95. The van der Waals surface area contributed by atoms with Crippen LogP contribution in [-0.2, 0) is 4.79 Å². The molecule has 1 amide bonds. The molecule has 2 N–H and O–H groups in total. The van der Waals surface area contributed by atoms with E-state index in [1.54, 1.807) is 13.0 Å². The minimum Gasteiger partial charge on any atom is -0.455 e. The third-order valence-electron chi connectivity index (χ3n) is 5.38. The van der Waals surface area contributed by atoms with Crippen LogP contribution in [0.2, 0.25) is 5.15 Å². The molecule has 1 atom stereocenters. The topological polar surface area (TPSA) is 84.2 Å². The molecule has 8 heteroatoms. The Labute approximate surface area is 206 Å². The fourth-order valence-corrected chi connectivity index (χ4v) is 4.61. The maximum atomic E-state index is 13.3. The van der Waals surface area contributed by atoms with Crippen LogP contribution in [0.3, 0.4) is 0 Å². The maximum Gasteiger partial charge on any atom is 0.226 e. The van der Waals surface area contributed by atoms with Crippen molar-refractivity contribution < 1.29 is 9.21 Å². The number of fused-ring (bicyclic) bond motifs is 1. The number of nitrogens with one attached hydrogen (secondary N) is 2. The van der Waals surface area contributed by atoms with Crippen LogP contribution in [0.25, 0.3) is 22.3 Å². The molecule has 0 saturated heterocycles. The first-order valence-electron chi connectivity index (χ1n) is 10.7. The van der Waals surface area contributed by atoms with Gasteiger partial charge in [-0.1, -0.05) is 48.0 Å². The number of benzene rings is 2. The number of aryl methyl sites for hydroxylation is 1. The molecule has 0 unspecified atom stereocenters. The predicted octanol–water partition coefficient (Wildman–Crippen LogP) is 6.44. The number of halogens is 1. The summed E-state index contributed by atoms with van der Waals surface area (Å²) in [7, 11) is 0. The van der Waals surface area contributed by atoms with Gasteiger partial charge in [-0.3, -0.25) is 14.3 Å². The number of nitrogens with zero attached hydrogens (tertiary/aromatic N) is 1. The zero-order valence-electron chi connectivity index (χ0n) is 19.2. The van der Waals surface area contributed by atoms with Crippen molar-refractivity contribution in [2.45, 2.75) is 38.8 Å². The molecule has 2 aromatic heterocycles. The van der Waals surface area contributed by atoms with Crippen molar-refractivity contribution in [1.29, 1.82) is 0 Å². The number of carbonyl (C=O) groups is 1. The number of anilines is 1. The van der Waals surface area contributed by atoms with E-state index in [4.69, 9.17) is 16.0 Å². The predicted molar refractivity (Wildman–Crippen MR) is 138 cm³/mol. The quantitative estimate of drug-likeness (QED) is 0.237. The first kappa shape index (κ1) is 23.9. The molecule has 0 fully saturated rings. The minimum absolute atomic E-state index is 0.0488. The van der Waals surface area contributed by atoms with Gasteiger partial charge in [-0.15, -0.1) is 0 Å². The molecule has 0 aliphatic heterocycles. The van der Waals surface area contributed by atoms with Crippen molar-refractivity contribution in [3.8, 4) is 11.3 Å². The fraction of sp³-hybridized carbons (Fsp3) is 0.192. The molecule has 0 radical (unpaired) electrons. The highest BCUT2D eigenvalue weighted by atomic mass is 35.5. The summed E-state index contributed by atoms with van der Waals surface area (Å²) in [5.74, 6) is 0.367. The highest BCUT2D eigenvalue weighted by molar-refractivity contribution is 7.98. The Morgan fingerprint density at radius 3 is 2.56 bits per heavy atom. The Hall–Kier alpha value is -3.29. The van der Waals surface area contributed by atoms with Gasteiger partial charge in [0.1, 0.15) is 21.5 Å². The minimum atomic E-state index is -0.239. The SMILES string of the molecule is CC(=O)NSc1nc(Cl)ccc1N[C@H](C)c1cc(C)cc2c(=O)c(C)c(-c3ccccc3)oc12. The Balaban J connectivity index is 1.81. The summed E-state index contributed by atoms with van der Waals surface area (Å²) in [6.07, 6.45) is 0. The van der Waals surface area contributed by atoms with Crippen LogP contribution in [0, 0.1) is 13.8 Å². The Morgan fingerprint density at radius 1 is 1.12 bits per heavy atom. The molecule has 2 heterocycles. The molecule has 0 aliphatic carbocycles. The number of carbonyl (C=O) groups excluding carboxylic acids is 1. The van der Waals surface area contributed by atoms with E-state index >= 15 is 0 Å². The van der Waals surface area contributed by atoms with Crippen molar-refractivity contribution in [2.75, 3.05) is 5.32 Å². The smallest absolute Gasteiger partial charge is 0.226 e. The van der Waals surface area contributed by atoms with E-state index in [1.165, 1.54) is 6.92 Å². The van der Waals surface area contributed by atoms with E-state index in [1.807, 2.05) is 62.4 Å². The summed E-state index contributed by atoms with van der Waals surface area (Å²) in [5, 5.41) is 4.84. The van der Waals surface area contributed by atoms with Gasteiger partial charge in [0.25, 0.3) is 0 Å². The van der Waals surface area contributed by atoms with Gasteiger partial charge in [-0.25, -0.2) is 4.98 Å². The molecule has 0 spiro atoms. The van der Waals surface area contributed by atoms with Crippen LogP contribution < -0.4 is 15.5 Å². The maximum absolute atomic E-state index is 13.3. The van der Waals surface area contributed by atoms with Crippen LogP contribution in [0.1, 0.15) is 36.6 Å². The lowest BCUT2D eigenvalue weighted by Gasteiger charge is -2.20. The van der Waals surface area contributed by atoms with Crippen molar-refractivity contribution in [1.82, 2.24) is 9.71 Å². The molecular formula is C26H24ClN3O3S. The second kappa shape index (κ2) is 9.91. The molecule has 34 heavy (non-hydrogen) atoms. The van der Waals surface area contributed by atoms with E-state index in [0.717, 1.165) is 28.6 Å². The van der Waals surface area contributed by atoms with E-state index in [0.29, 0.717) is 38.2 Å². The first-order chi connectivity index (χ1) is 16.2. The average molecular weight is 494 g/mol. The molecule has 4 rings (SSSR count). The van der Waals surface area contributed by atoms with Gasteiger partial charge < -0.3 is 9.73 Å². The lowest BCUT2D eigenvalue weighted by atomic mass is 9.99. The van der Waals surface area contributed by atoms with E-state index in [9.17, 15) is 9.59 Å². The summed E-state index contributed by atoms with van der Waals surface area (Å²) < 4.78 is 9.07. The summed E-state index contributed by atoms with van der Waals surface area (Å²) in [6.45, 7) is 7.16. The number of amides is 1. The lowest BCUT2D eigenvalue weighted by Crippen LogP contribution is -2.14. The van der Waals surface area contributed by atoms with Gasteiger partial charge in [-0.2, -0.15) is 0 Å². The van der Waals surface area contributed by atoms with Crippen molar-refractivity contribution in [3.63, 3.8) is 0 Å². The van der Waals surface area contributed by atoms with Crippen LogP contribution in [-0.4, -0.2) is 10.9 Å². The summed E-state index contributed by atoms with van der Waals surface area (Å²) in [5.41, 5.74) is 4.41. The van der Waals surface area contributed by atoms with Crippen LogP contribution in [0.15, 0.2) is 68.8 Å². The third-order valence-corrected chi connectivity index (χ3v) is 6.49. The number of aromatic nitrogens is 1. The molecule has 174 valence electrons. The molecule has 6 nitrogen and oxygen atoms in total.